The fourth-order valence-electron chi connectivity index (χ4n) is 8.88. The van der Waals surface area contributed by atoms with E-state index in [9.17, 15) is 32.1 Å². The second-order valence-corrected chi connectivity index (χ2v) is 19.7. The number of carbonyl (C=O) groups is 4. The van der Waals surface area contributed by atoms with E-state index in [1.807, 2.05) is 98.8 Å². The van der Waals surface area contributed by atoms with Crippen molar-refractivity contribution in [3.63, 3.8) is 0 Å². The van der Waals surface area contributed by atoms with Crippen LogP contribution in [0.25, 0.3) is 22.3 Å². The number of ether oxygens (including phenoxy) is 2. The average molecular weight is 979 g/mol. The van der Waals surface area contributed by atoms with Gasteiger partial charge in [0.2, 0.25) is 0 Å². The highest BCUT2D eigenvalue weighted by molar-refractivity contribution is 7.88. The van der Waals surface area contributed by atoms with Crippen LogP contribution in [-0.4, -0.2) is 55.4 Å². The van der Waals surface area contributed by atoms with Crippen molar-refractivity contribution in [3.05, 3.63) is 244 Å². The van der Waals surface area contributed by atoms with E-state index < -0.39 is 16.2 Å². The van der Waals surface area contributed by atoms with Crippen LogP contribution in [0, 0.1) is 30.6 Å². The van der Waals surface area contributed by atoms with Crippen molar-refractivity contribution in [1.82, 2.24) is 0 Å². The summed E-state index contributed by atoms with van der Waals surface area (Å²) >= 11 is 0. The van der Waals surface area contributed by atoms with Crippen LogP contribution in [0.2, 0.25) is 0 Å². The Morgan fingerprint density at radius 3 is 1.19 bits per heavy atom. The fourth-order valence-corrected chi connectivity index (χ4v) is 9.24. The third-order valence-corrected chi connectivity index (χ3v) is 14.3. The SMILES string of the molecule is C=C[C@@H](C(/C=C/S(=O)(=O)O)OC)[C@H](C)[C@@H](C)[C@H](C)[C@H](C)Oc1ccc(C(=O)c2ccc(-c3ccc(C(=O)c4cccc(C(=O)c5ccc(-c6ccc(C(=O)c7ccc(C)cc7)cc6)cc5)c4)cc3)cc2)cc1. The number of methoxy groups -OCH3 is 1. The summed E-state index contributed by atoms with van der Waals surface area (Å²) in [5, 5.41) is 0.735. The molecule has 72 heavy (non-hydrogen) atoms. The molecule has 0 heterocycles. The van der Waals surface area contributed by atoms with Crippen molar-refractivity contribution in [1.29, 1.82) is 0 Å². The Hall–Kier alpha value is -7.63. The molecule has 0 aliphatic rings. The first-order chi connectivity index (χ1) is 34.4. The third kappa shape index (κ3) is 12.6. The average Bonchev–Trinajstić information content (AvgIpc) is 3.41. The van der Waals surface area contributed by atoms with Crippen LogP contribution in [-0.2, 0) is 14.9 Å². The van der Waals surface area contributed by atoms with Gasteiger partial charge >= 0.3 is 0 Å². The van der Waals surface area contributed by atoms with Gasteiger partial charge in [-0.1, -0.05) is 172 Å². The number of carbonyl (C=O) groups excluding carboxylic acids is 4. The maximum atomic E-state index is 13.7. The molecule has 0 aliphatic carbocycles. The summed E-state index contributed by atoms with van der Waals surface area (Å²) in [6.07, 6.45) is 2.26. The molecule has 366 valence electrons. The lowest BCUT2D eigenvalue weighted by Gasteiger charge is -2.36. The molecule has 7 rings (SSSR count). The number of ketones is 4. The van der Waals surface area contributed by atoms with Gasteiger partial charge in [-0.05, 0) is 90.3 Å². The Kier molecular flexibility index (Phi) is 16.7. The van der Waals surface area contributed by atoms with E-state index in [1.165, 1.54) is 13.2 Å². The monoisotopic (exact) mass is 978 g/mol. The van der Waals surface area contributed by atoms with Crippen molar-refractivity contribution in [3.8, 4) is 28.0 Å². The highest BCUT2D eigenvalue weighted by atomic mass is 32.2. The molecule has 0 fully saturated rings. The molecule has 7 aromatic rings. The summed E-state index contributed by atoms with van der Waals surface area (Å²) in [6, 6.07) is 50.5. The Labute approximate surface area is 422 Å². The molecule has 0 radical (unpaired) electrons. The zero-order chi connectivity index (χ0) is 51.7. The maximum Gasteiger partial charge on any atom is 0.287 e. The second kappa shape index (κ2) is 23.1. The molecule has 0 saturated heterocycles. The van der Waals surface area contributed by atoms with E-state index >= 15 is 0 Å². The molecule has 0 saturated carbocycles. The second-order valence-electron chi connectivity index (χ2n) is 18.4. The van der Waals surface area contributed by atoms with Crippen LogP contribution in [0.1, 0.15) is 96.9 Å². The fraction of sp³-hybridized carbons (Fsp3) is 0.194. The number of rotatable bonds is 21. The Bertz CT molecular complexity index is 3190. The lowest BCUT2D eigenvalue weighted by Crippen LogP contribution is -2.36. The lowest BCUT2D eigenvalue weighted by molar-refractivity contribution is 0.0448. The van der Waals surface area contributed by atoms with Gasteiger partial charge < -0.3 is 9.47 Å². The van der Waals surface area contributed by atoms with Gasteiger partial charge in [-0.25, -0.2) is 0 Å². The Morgan fingerprint density at radius 2 is 0.847 bits per heavy atom. The smallest absolute Gasteiger partial charge is 0.287 e. The summed E-state index contributed by atoms with van der Waals surface area (Å²) < 4.78 is 43.7. The maximum absolute atomic E-state index is 13.7. The van der Waals surface area contributed by atoms with E-state index in [4.69, 9.17) is 9.47 Å². The molecule has 0 aliphatic heterocycles. The van der Waals surface area contributed by atoms with E-state index in [0.29, 0.717) is 50.3 Å². The number of aryl methyl sites for hydroxylation is 1. The first-order valence-electron chi connectivity index (χ1n) is 23.8. The summed E-state index contributed by atoms with van der Waals surface area (Å²) in [7, 11) is -2.82. The van der Waals surface area contributed by atoms with Gasteiger partial charge in [0.25, 0.3) is 10.1 Å². The molecule has 7 aromatic carbocycles. The minimum Gasteiger partial charge on any atom is -0.490 e. The molecular formula is C62H58O9S. The molecule has 1 unspecified atom stereocenters. The topological polar surface area (TPSA) is 141 Å². The molecular weight excluding hydrogens is 921 g/mol. The largest absolute Gasteiger partial charge is 0.490 e. The van der Waals surface area contributed by atoms with E-state index in [-0.39, 0.29) is 52.9 Å². The van der Waals surface area contributed by atoms with E-state index in [2.05, 4.69) is 27.4 Å². The van der Waals surface area contributed by atoms with E-state index in [0.717, 1.165) is 33.2 Å². The molecule has 0 aromatic heterocycles. The van der Waals surface area contributed by atoms with Crippen molar-refractivity contribution in [2.45, 2.75) is 46.8 Å². The standard InChI is InChI=1S/C62H58O9S/c1-8-57(58(70-7)36-37-72(67,68)69)42(5)40(3)41(4)43(6)71-56-34-32-53(33-35-56)60(64)50-26-18-45(19-27-50)47-22-30-52(31-23-47)62(66)55-11-9-10-54(38-55)61(65)51-28-20-46(21-29-51)44-16-24-49(25-17-44)59(63)48-14-12-39(2)13-15-48/h8-38,40-43,57-58H,1H2,2-7H3,(H,67,68,69)/b37-36+/t40-,41-,42+,43-,57+,58?/m0/s1. The van der Waals surface area contributed by atoms with Crippen LogP contribution in [0.5, 0.6) is 5.75 Å². The van der Waals surface area contributed by atoms with E-state index in [1.54, 1.807) is 91.0 Å². The summed E-state index contributed by atoms with van der Waals surface area (Å²) in [5.41, 5.74) is 8.65. The minimum absolute atomic E-state index is 0.0179. The van der Waals surface area contributed by atoms with Crippen LogP contribution >= 0.6 is 0 Å². The van der Waals surface area contributed by atoms with Gasteiger partial charge in [0.15, 0.2) is 23.1 Å². The van der Waals surface area contributed by atoms with Crippen molar-refractivity contribution < 1.29 is 41.6 Å². The molecule has 9 nitrogen and oxygen atoms in total. The first kappa shape index (κ1) is 52.2. The predicted octanol–water partition coefficient (Wildman–Crippen LogP) is 13.1. The number of hydrogen-bond donors (Lipinski definition) is 1. The minimum atomic E-state index is -4.30. The van der Waals surface area contributed by atoms with Gasteiger partial charge in [0, 0.05) is 57.5 Å². The van der Waals surface area contributed by atoms with Gasteiger partial charge in [0.1, 0.15) is 5.75 Å². The molecule has 1 N–H and O–H groups in total. The molecule has 0 bridgehead atoms. The Balaban J connectivity index is 0.928. The summed E-state index contributed by atoms with van der Waals surface area (Å²) in [6.45, 7) is 14.2. The molecule has 0 amide bonds. The number of hydrogen-bond acceptors (Lipinski definition) is 8. The third-order valence-electron chi connectivity index (χ3n) is 13.8. The van der Waals surface area contributed by atoms with Gasteiger partial charge in [0.05, 0.1) is 17.6 Å². The molecule has 10 heteroatoms. The van der Waals surface area contributed by atoms with Crippen molar-refractivity contribution in [2.24, 2.45) is 23.7 Å². The van der Waals surface area contributed by atoms with Crippen LogP contribution < -0.4 is 4.74 Å². The van der Waals surface area contributed by atoms with Gasteiger partial charge in [-0.3, -0.25) is 23.7 Å². The first-order valence-corrected chi connectivity index (χ1v) is 25.3. The summed E-state index contributed by atoms with van der Waals surface area (Å²) in [5.74, 6) is -0.0349. The highest BCUT2D eigenvalue weighted by Gasteiger charge is 2.32. The zero-order valence-electron chi connectivity index (χ0n) is 41.2. The number of benzene rings is 7. The lowest BCUT2D eigenvalue weighted by atomic mass is 9.74. The Morgan fingerprint density at radius 1 is 0.500 bits per heavy atom. The van der Waals surface area contributed by atoms with Crippen LogP contribution in [0.4, 0.5) is 0 Å². The van der Waals surface area contributed by atoms with Gasteiger partial charge in [-0.15, -0.1) is 6.58 Å². The van der Waals surface area contributed by atoms with Crippen LogP contribution in [0.3, 0.4) is 0 Å². The zero-order valence-corrected chi connectivity index (χ0v) is 42.0. The quantitative estimate of drug-likeness (QED) is 0.0423. The normalized spacial score (nSPS) is 14.1. The van der Waals surface area contributed by atoms with Crippen LogP contribution in [0.15, 0.2) is 194 Å². The predicted molar refractivity (Wildman–Crippen MR) is 284 cm³/mol. The molecule has 6 atom stereocenters. The summed E-state index contributed by atoms with van der Waals surface area (Å²) in [4.78, 5) is 53.8. The van der Waals surface area contributed by atoms with Crippen molar-refractivity contribution >= 4 is 33.3 Å². The van der Waals surface area contributed by atoms with Crippen molar-refractivity contribution in [2.75, 3.05) is 7.11 Å². The highest BCUT2D eigenvalue weighted by Crippen LogP contribution is 2.34. The van der Waals surface area contributed by atoms with Gasteiger partial charge in [-0.2, -0.15) is 8.42 Å². The molecule has 0 spiro atoms.